The van der Waals surface area contributed by atoms with E-state index in [0.717, 1.165) is 55.9 Å². The minimum atomic E-state index is -0.193. The van der Waals surface area contributed by atoms with E-state index in [1.165, 1.54) is 11.8 Å². The van der Waals surface area contributed by atoms with Gasteiger partial charge in [-0.05, 0) is 31.5 Å². The topological polar surface area (TPSA) is 92.5 Å². The summed E-state index contributed by atoms with van der Waals surface area (Å²) in [7, 11) is 0. The highest BCUT2D eigenvalue weighted by Gasteiger charge is 2.18. The molecule has 1 saturated heterocycles. The second kappa shape index (κ2) is 9.20. The molecule has 1 aliphatic heterocycles. The normalized spacial score (nSPS) is 15.0. The van der Waals surface area contributed by atoms with Crippen molar-refractivity contribution in [2.24, 2.45) is 0 Å². The van der Waals surface area contributed by atoms with E-state index >= 15 is 0 Å². The first-order valence-corrected chi connectivity index (χ1v) is 10.00. The number of phenolic OH excluding ortho intramolecular Hbond substituents is 1. The number of aromatic nitrogens is 3. The summed E-state index contributed by atoms with van der Waals surface area (Å²) >= 11 is 1.34. The standard InChI is InChI=1S/C18H25N5O3S/c1-3-23-16(11-22-6-8-26-9-7-22)20-21-18(23)27-12-17(25)19-14-10-13(2)4-5-15(14)24/h4-5,10,24H,3,6-9,11-12H2,1-2H3,(H,19,25). The fraction of sp³-hybridized carbons (Fsp3) is 0.500. The van der Waals surface area contributed by atoms with E-state index in [4.69, 9.17) is 4.74 Å². The first-order valence-electron chi connectivity index (χ1n) is 9.01. The maximum absolute atomic E-state index is 12.2. The summed E-state index contributed by atoms with van der Waals surface area (Å²) in [4.78, 5) is 14.5. The molecule has 1 aromatic heterocycles. The van der Waals surface area contributed by atoms with Crippen LogP contribution in [0.15, 0.2) is 23.4 Å². The van der Waals surface area contributed by atoms with Crippen molar-refractivity contribution in [3.8, 4) is 5.75 Å². The van der Waals surface area contributed by atoms with Crippen molar-refractivity contribution < 1.29 is 14.6 Å². The van der Waals surface area contributed by atoms with Gasteiger partial charge in [-0.15, -0.1) is 10.2 Å². The Hall–Kier alpha value is -2.10. The van der Waals surface area contributed by atoms with Crippen molar-refractivity contribution in [2.75, 3.05) is 37.4 Å². The van der Waals surface area contributed by atoms with Gasteiger partial charge in [-0.1, -0.05) is 17.8 Å². The Bertz CT molecular complexity index is 789. The summed E-state index contributed by atoms with van der Waals surface area (Å²) < 4.78 is 7.42. The lowest BCUT2D eigenvalue weighted by Crippen LogP contribution is -2.36. The van der Waals surface area contributed by atoms with Gasteiger partial charge in [0.15, 0.2) is 5.16 Å². The van der Waals surface area contributed by atoms with E-state index in [2.05, 4.69) is 20.4 Å². The minimum absolute atomic E-state index is 0.0588. The molecule has 0 bridgehead atoms. The number of anilines is 1. The first kappa shape index (κ1) is 19.7. The number of aryl methyl sites for hydroxylation is 1. The van der Waals surface area contributed by atoms with Crippen LogP contribution >= 0.6 is 11.8 Å². The zero-order valence-corrected chi connectivity index (χ0v) is 16.5. The van der Waals surface area contributed by atoms with E-state index in [0.29, 0.717) is 5.69 Å². The van der Waals surface area contributed by atoms with Gasteiger partial charge in [0.1, 0.15) is 11.6 Å². The fourth-order valence-electron chi connectivity index (χ4n) is 2.89. The quantitative estimate of drug-likeness (QED) is 0.550. The molecule has 0 unspecified atom stereocenters. The third-order valence-electron chi connectivity index (χ3n) is 4.34. The molecular weight excluding hydrogens is 366 g/mol. The number of nitrogens with one attached hydrogen (secondary N) is 1. The molecule has 27 heavy (non-hydrogen) atoms. The third kappa shape index (κ3) is 5.21. The number of carbonyl (C=O) groups is 1. The van der Waals surface area contributed by atoms with E-state index in [-0.39, 0.29) is 17.4 Å². The van der Waals surface area contributed by atoms with E-state index < -0.39 is 0 Å². The Morgan fingerprint density at radius 1 is 1.33 bits per heavy atom. The molecular formula is C18H25N5O3S. The third-order valence-corrected chi connectivity index (χ3v) is 5.30. The van der Waals surface area contributed by atoms with Crippen LogP contribution in [0.3, 0.4) is 0 Å². The number of aromatic hydroxyl groups is 1. The molecule has 1 fully saturated rings. The molecule has 1 aliphatic rings. The Morgan fingerprint density at radius 2 is 2.11 bits per heavy atom. The monoisotopic (exact) mass is 391 g/mol. The number of hydrogen-bond donors (Lipinski definition) is 2. The van der Waals surface area contributed by atoms with Gasteiger partial charge in [0, 0.05) is 19.6 Å². The Kier molecular flexibility index (Phi) is 6.70. The van der Waals surface area contributed by atoms with Crippen molar-refractivity contribution in [3.63, 3.8) is 0 Å². The van der Waals surface area contributed by atoms with Gasteiger partial charge in [0.05, 0.1) is 31.2 Å². The molecule has 3 rings (SSSR count). The summed E-state index contributed by atoms with van der Waals surface area (Å²) in [5.74, 6) is 0.965. The number of benzene rings is 1. The van der Waals surface area contributed by atoms with Gasteiger partial charge in [-0.25, -0.2) is 0 Å². The highest BCUT2D eigenvalue weighted by atomic mass is 32.2. The molecule has 1 amide bonds. The average Bonchev–Trinajstić information content (AvgIpc) is 3.05. The molecule has 0 atom stereocenters. The van der Waals surface area contributed by atoms with Gasteiger partial charge in [-0.3, -0.25) is 9.69 Å². The molecule has 0 aliphatic carbocycles. The zero-order chi connectivity index (χ0) is 19.2. The van der Waals surface area contributed by atoms with Crippen molar-refractivity contribution in [1.29, 1.82) is 0 Å². The van der Waals surface area contributed by atoms with Crippen LogP contribution in [0.1, 0.15) is 18.3 Å². The fourth-order valence-corrected chi connectivity index (χ4v) is 3.71. The summed E-state index contributed by atoms with van der Waals surface area (Å²) in [5, 5.41) is 21.9. The Labute approximate surface area is 162 Å². The number of ether oxygens (including phenoxy) is 1. The zero-order valence-electron chi connectivity index (χ0n) is 15.6. The lowest BCUT2D eigenvalue weighted by Gasteiger charge is -2.26. The van der Waals surface area contributed by atoms with Crippen molar-refractivity contribution in [1.82, 2.24) is 19.7 Å². The highest BCUT2D eigenvalue weighted by molar-refractivity contribution is 7.99. The largest absolute Gasteiger partial charge is 0.506 e. The molecule has 0 radical (unpaired) electrons. The van der Waals surface area contributed by atoms with Crippen LogP contribution in [0.5, 0.6) is 5.75 Å². The number of carbonyl (C=O) groups excluding carboxylic acids is 1. The van der Waals surface area contributed by atoms with Crippen molar-refractivity contribution in [2.45, 2.75) is 32.1 Å². The Morgan fingerprint density at radius 3 is 2.85 bits per heavy atom. The van der Waals surface area contributed by atoms with Gasteiger partial charge >= 0.3 is 0 Å². The molecule has 2 aromatic rings. The molecule has 1 aromatic carbocycles. The van der Waals surface area contributed by atoms with Gasteiger partial charge < -0.3 is 19.7 Å². The second-order valence-corrected chi connectivity index (χ2v) is 7.33. The predicted molar refractivity (Wildman–Crippen MR) is 104 cm³/mol. The smallest absolute Gasteiger partial charge is 0.234 e. The van der Waals surface area contributed by atoms with E-state index in [9.17, 15) is 9.90 Å². The van der Waals surface area contributed by atoms with Crippen LogP contribution in [-0.2, 0) is 22.6 Å². The van der Waals surface area contributed by atoms with Gasteiger partial charge in [0.25, 0.3) is 0 Å². The maximum Gasteiger partial charge on any atom is 0.234 e. The van der Waals surface area contributed by atoms with Gasteiger partial charge in [-0.2, -0.15) is 0 Å². The molecule has 0 spiro atoms. The van der Waals surface area contributed by atoms with Crippen LogP contribution in [-0.4, -0.2) is 62.7 Å². The number of phenols is 1. The average molecular weight is 391 g/mol. The number of hydrogen-bond acceptors (Lipinski definition) is 7. The molecule has 2 N–H and O–H groups in total. The van der Waals surface area contributed by atoms with Crippen LogP contribution in [0, 0.1) is 6.92 Å². The lowest BCUT2D eigenvalue weighted by molar-refractivity contribution is -0.113. The van der Waals surface area contributed by atoms with Crippen LogP contribution in [0.4, 0.5) is 5.69 Å². The first-order chi connectivity index (χ1) is 13.1. The summed E-state index contributed by atoms with van der Waals surface area (Å²) in [5.41, 5.74) is 1.39. The summed E-state index contributed by atoms with van der Waals surface area (Å²) in [6, 6.07) is 5.11. The number of rotatable bonds is 7. The molecule has 2 heterocycles. The molecule has 0 saturated carbocycles. The molecule has 8 nitrogen and oxygen atoms in total. The number of amides is 1. The molecule has 146 valence electrons. The van der Waals surface area contributed by atoms with Crippen LogP contribution in [0.25, 0.3) is 0 Å². The number of morpholine rings is 1. The maximum atomic E-state index is 12.2. The summed E-state index contributed by atoms with van der Waals surface area (Å²) in [6.45, 7) is 8.69. The van der Waals surface area contributed by atoms with Crippen LogP contribution < -0.4 is 5.32 Å². The lowest BCUT2D eigenvalue weighted by atomic mass is 10.2. The van der Waals surface area contributed by atoms with E-state index in [1.807, 2.05) is 18.4 Å². The van der Waals surface area contributed by atoms with Crippen LogP contribution in [0.2, 0.25) is 0 Å². The van der Waals surface area contributed by atoms with E-state index in [1.54, 1.807) is 18.2 Å². The van der Waals surface area contributed by atoms with Gasteiger partial charge in [0.2, 0.25) is 5.91 Å². The second-order valence-electron chi connectivity index (χ2n) is 6.39. The minimum Gasteiger partial charge on any atom is -0.506 e. The SMILES string of the molecule is CCn1c(CN2CCOCC2)nnc1SCC(=O)Nc1cc(C)ccc1O. The number of nitrogens with zero attached hydrogens (tertiary/aromatic N) is 4. The van der Waals surface area contributed by atoms with Crippen molar-refractivity contribution >= 4 is 23.4 Å². The Balaban J connectivity index is 1.58. The predicted octanol–water partition coefficient (Wildman–Crippen LogP) is 1.88. The summed E-state index contributed by atoms with van der Waals surface area (Å²) in [6.07, 6.45) is 0. The number of thioether (sulfide) groups is 1. The highest BCUT2D eigenvalue weighted by Crippen LogP contribution is 2.25. The van der Waals surface area contributed by atoms with Crippen molar-refractivity contribution in [3.05, 3.63) is 29.6 Å². The molecule has 9 heteroatoms.